The molecule has 0 aliphatic carbocycles. The summed E-state index contributed by atoms with van der Waals surface area (Å²) in [6.45, 7) is 0.116. The summed E-state index contributed by atoms with van der Waals surface area (Å²) in [5.41, 5.74) is 0.280. The first kappa shape index (κ1) is 13.6. The van der Waals surface area contributed by atoms with Gasteiger partial charge in [-0.1, -0.05) is 12.1 Å². The third-order valence-corrected chi connectivity index (χ3v) is 2.44. The zero-order valence-corrected chi connectivity index (χ0v) is 10.8. The highest BCUT2D eigenvalue weighted by Gasteiger charge is 2.04. The van der Waals surface area contributed by atoms with Gasteiger partial charge in [0.05, 0.1) is 7.11 Å². The molecule has 1 heterocycles. The van der Waals surface area contributed by atoms with E-state index in [1.807, 2.05) is 0 Å². The molecule has 0 saturated heterocycles. The van der Waals surface area contributed by atoms with Gasteiger partial charge < -0.3 is 9.47 Å². The number of carbonyl (C=O) groups excluding carboxylic acids is 1. The fraction of sp³-hybridized carbons (Fsp3) is 0.154. The fourth-order valence-electron chi connectivity index (χ4n) is 1.46. The zero-order chi connectivity index (χ0) is 14.4. The Balaban J connectivity index is 1.87. The van der Waals surface area contributed by atoms with Crippen LogP contribution in [0.1, 0.15) is 5.56 Å². The Labute approximate surface area is 114 Å². The second-order valence-electron chi connectivity index (χ2n) is 3.84. The van der Waals surface area contributed by atoms with Gasteiger partial charge in [0.2, 0.25) is 0 Å². The Bertz CT molecular complexity index is 637. The fourth-order valence-corrected chi connectivity index (χ4v) is 1.46. The summed E-state index contributed by atoms with van der Waals surface area (Å²) in [6, 6.07) is 8.59. The van der Waals surface area contributed by atoms with Crippen molar-refractivity contribution >= 4 is 11.9 Å². The highest BCUT2D eigenvalue weighted by Crippen LogP contribution is 2.12. The molecule has 0 atom stereocenters. The predicted octanol–water partition coefficient (Wildman–Crippen LogP) is 1.53. The van der Waals surface area contributed by atoms with E-state index in [1.165, 1.54) is 12.3 Å². The lowest BCUT2D eigenvalue weighted by atomic mass is 10.2. The molecule has 1 aromatic heterocycles. The van der Waals surface area contributed by atoms with E-state index in [-0.39, 0.29) is 12.4 Å². The van der Waals surface area contributed by atoms with Gasteiger partial charge in [-0.05, 0) is 23.8 Å². The lowest BCUT2D eigenvalue weighted by molar-refractivity contribution is 0.155. The molecule has 1 amide bonds. The number of anilines is 1. The van der Waals surface area contributed by atoms with Gasteiger partial charge in [-0.25, -0.2) is 14.6 Å². The highest BCUT2D eigenvalue weighted by atomic mass is 16.5. The van der Waals surface area contributed by atoms with Gasteiger partial charge in [0.15, 0.2) is 0 Å². The van der Waals surface area contributed by atoms with Gasteiger partial charge in [-0.3, -0.25) is 10.3 Å². The van der Waals surface area contributed by atoms with Crippen LogP contribution in [0.5, 0.6) is 5.75 Å². The second kappa shape index (κ2) is 6.37. The molecule has 0 bridgehead atoms. The van der Waals surface area contributed by atoms with Crippen molar-refractivity contribution in [3.05, 3.63) is 52.6 Å². The Hall–Kier alpha value is -2.83. The third-order valence-electron chi connectivity index (χ3n) is 2.44. The molecule has 0 radical (unpaired) electrons. The number of nitrogens with zero attached hydrogens (tertiary/aromatic N) is 1. The average Bonchev–Trinajstić information content (AvgIpc) is 2.46. The molecule has 2 rings (SSSR count). The Morgan fingerprint density at radius 3 is 2.70 bits per heavy atom. The van der Waals surface area contributed by atoms with Crippen LogP contribution in [0.15, 0.2) is 41.3 Å². The molecule has 7 heteroatoms. The topological polar surface area (TPSA) is 93.3 Å². The number of aromatic amines is 1. The van der Waals surface area contributed by atoms with Crippen LogP contribution >= 0.6 is 0 Å². The maximum Gasteiger partial charge on any atom is 0.413 e. The minimum absolute atomic E-state index is 0.116. The van der Waals surface area contributed by atoms with Crippen molar-refractivity contribution < 1.29 is 14.3 Å². The van der Waals surface area contributed by atoms with Gasteiger partial charge in [0.1, 0.15) is 18.2 Å². The molecule has 2 aromatic rings. The number of nitrogens with one attached hydrogen (secondary N) is 2. The lowest BCUT2D eigenvalue weighted by Gasteiger charge is -2.07. The molecule has 20 heavy (non-hydrogen) atoms. The quantitative estimate of drug-likeness (QED) is 0.882. The summed E-state index contributed by atoms with van der Waals surface area (Å²) in [7, 11) is 1.58. The molecular weight excluding hydrogens is 262 g/mol. The van der Waals surface area contributed by atoms with Gasteiger partial charge in [0, 0.05) is 6.20 Å². The summed E-state index contributed by atoms with van der Waals surface area (Å²) in [5, 5.41) is 2.39. The van der Waals surface area contributed by atoms with Crippen LogP contribution < -0.4 is 15.7 Å². The SMILES string of the molecule is COc1ccc(COC(=O)Nc2ccnc(=O)[nH]2)cc1. The number of amides is 1. The molecule has 0 aliphatic rings. The number of methoxy groups -OCH3 is 1. The summed E-state index contributed by atoms with van der Waals surface area (Å²) >= 11 is 0. The largest absolute Gasteiger partial charge is 0.497 e. The van der Waals surface area contributed by atoms with Crippen LogP contribution in [0.4, 0.5) is 10.6 Å². The maximum absolute atomic E-state index is 11.5. The van der Waals surface area contributed by atoms with E-state index in [9.17, 15) is 9.59 Å². The molecular formula is C13H13N3O4. The number of hydrogen-bond acceptors (Lipinski definition) is 5. The first-order chi connectivity index (χ1) is 9.67. The number of aromatic nitrogens is 2. The normalized spacial score (nSPS) is 9.85. The average molecular weight is 275 g/mol. The van der Waals surface area contributed by atoms with Gasteiger partial charge in [-0.2, -0.15) is 0 Å². The van der Waals surface area contributed by atoms with Crippen molar-refractivity contribution in [2.75, 3.05) is 12.4 Å². The predicted molar refractivity (Wildman–Crippen MR) is 71.7 cm³/mol. The Morgan fingerprint density at radius 1 is 1.30 bits per heavy atom. The Kier molecular flexibility index (Phi) is 4.33. The van der Waals surface area contributed by atoms with Crippen LogP contribution in [0, 0.1) is 0 Å². The first-order valence-electron chi connectivity index (χ1n) is 5.79. The van der Waals surface area contributed by atoms with Crippen LogP contribution in [-0.4, -0.2) is 23.2 Å². The monoisotopic (exact) mass is 275 g/mol. The lowest BCUT2D eigenvalue weighted by Crippen LogP contribution is -2.18. The van der Waals surface area contributed by atoms with E-state index in [4.69, 9.17) is 9.47 Å². The molecule has 0 fully saturated rings. The van der Waals surface area contributed by atoms with Crippen molar-refractivity contribution in [1.29, 1.82) is 0 Å². The molecule has 0 saturated carbocycles. The number of rotatable bonds is 4. The zero-order valence-electron chi connectivity index (χ0n) is 10.8. The minimum Gasteiger partial charge on any atom is -0.497 e. The van der Waals surface area contributed by atoms with Crippen LogP contribution in [0.2, 0.25) is 0 Å². The molecule has 0 aliphatic heterocycles. The van der Waals surface area contributed by atoms with Gasteiger partial charge >= 0.3 is 11.8 Å². The van der Waals surface area contributed by atoms with E-state index in [2.05, 4.69) is 15.3 Å². The summed E-state index contributed by atoms with van der Waals surface area (Å²) in [5.74, 6) is 0.956. The van der Waals surface area contributed by atoms with Crippen molar-refractivity contribution in [3.8, 4) is 5.75 Å². The standard InChI is InChI=1S/C13H13N3O4/c1-19-10-4-2-9(3-5-10)8-20-13(18)16-11-6-7-14-12(17)15-11/h2-7H,8H2,1H3,(H2,14,15,16,17,18). The van der Waals surface area contributed by atoms with E-state index in [0.29, 0.717) is 0 Å². The highest BCUT2D eigenvalue weighted by molar-refractivity contribution is 5.83. The number of H-pyrrole nitrogens is 1. The number of benzene rings is 1. The smallest absolute Gasteiger partial charge is 0.413 e. The van der Waals surface area contributed by atoms with E-state index >= 15 is 0 Å². The molecule has 0 spiro atoms. The van der Waals surface area contributed by atoms with Crippen LogP contribution in [0.3, 0.4) is 0 Å². The number of carbonyl (C=O) groups is 1. The van der Waals surface area contributed by atoms with Gasteiger partial charge in [-0.15, -0.1) is 0 Å². The number of ether oxygens (including phenoxy) is 2. The maximum atomic E-state index is 11.5. The Morgan fingerprint density at radius 2 is 2.05 bits per heavy atom. The van der Waals surface area contributed by atoms with Crippen molar-refractivity contribution in [1.82, 2.24) is 9.97 Å². The minimum atomic E-state index is -0.664. The molecule has 7 nitrogen and oxygen atoms in total. The van der Waals surface area contributed by atoms with Crippen LogP contribution in [0.25, 0.3) is 0 Å². The van der Waals surface area contributed by atoms with E-state index < -0.39 is 11.8 Å². The van der Waals surface area contributed by atoms with Crippen molar-refractivity contribution in [2.24, 2.45) is 0 Å². The summed E-state index contributed by atoms with van der Waals surface area (Å²) in [4.78, 5) is 28.3. The van der Waals surface area contributed by atoms with Crippen LogP contribution in [-0.2, 0) is 11.3 Å². The third kappa shape index (κ3) is 3.84. The second-order valence-corrected chi connectivity index (χ2v) is 3.84. The number of hydrogen-bond donors (Lipinski definition) is 2. The molecule has 104 valence electrons. The summed E-state index contributed by atoms with van der Waals surface area (Å²) < 4.78 is 10.0. The van der Waals surface area contributed by atoms with E-state index in [0.717, 1.165) is 11.3 Å². The van der Waals surface area contributed by atoms with Crippen molar-refractivity contribution in [3.63, 3.8) is 0 Å². The van der Waals surface area contributed by atoms with E-state index in [1.54, 1.807) is 31.4 Å². The summed E-state index contributed by atoms with van der Waals surface area (Å²) in [6.07, 6.45) is 0.625. The van der Waals surface area contributed by atoms with Gasteiger partial charge in [0.25, 0.3) is 0 Å². The molecule has 1 aromatic carbocycles. The molecule has 2 N–H and O–H groups in total. The molecule has 0 unspecified atom stereocenters. The van der Waals surface area contributed by atoms with Crippen molar-refractivity contribution in [2.45, 2.75) is 6.61 Å². The first-order valence-corrected chi connectivity index (χ1v) is 5.79.